The number of carbonyl (C=O) groups excluding carboxylic acids is 1. The van der Waals surface area contributed by atoms with Gasteiger partial charge in [-0.15, -0.1) is 0 Å². The van der Waals surface area contributed by atoms with Crippen LogP contribution in [-0.2, 0) is 13.0 Å². The lowest BCUT2D eigenvalue weighted by Crippen LogP contribution is -2.24. The number of carbonyl (C=O) groups is 1. The van der Waals surface area contributed by atoms with Crippen LogP contribution in [-0.4, -0.2) is 35.3 Å². The number of hydrogen-bond acceptors (Lipinski definition) is 6. The maximum atomic E-state index is 13.3. The first-order chi connectivity index (χ1) is 16.1. The van der Waals surface area contributed by atoms with Crippen LogP contribution >= 0.6 is 11.8 Å². The minimum Gasteiger partial charge on any atom is -0.493 e. The Morgan fingerprint density at radius 3 is 2.42 bits per heavy atom. The Morgan fingerprint density at radius 1 is 0.939 bits per heavy atom. The first-order valence-corrected chi connectivity index (χ1v) is 11.5. The van der Waals surface area contributed by atoms with Gasteiger partial charge in [-0.1, -0.05) is 60.3 Å². The number of rotatable bonds is 9. The molecule has 1 heterocycles. The van der Waals surface area contributed by atoms with Crippen molar-refractivity contribution in [2.75, 3.05) is 20.0 Å². The second kappa shape index (κ2) is 10.4. The molecule has 0 saturated heterocycles. The van der Waals surface area contributed by atoms with Crippen molar-refractivity contribution in [2.45, 2.75) is 18.1 Å². The Kier molecular flexibility index (Phi) is 7.10. The SMILES string of the molecule is COc1ccc(CCn2c(SCC(=O)c3ccccc3)nc3ccccc3c2=O)cc1OC. The molecule has 33 heavy (non-hydrogen) atoms. The van der Waals surface area contributed by atoms with Gasteiger partial charge in [-0.3, -0.25) is 14.2 Å². The van der Waals surface area contributed by atoms with Crippen molar-refractivity contribution in [3.05, 3.63) is 94.3 Å². The number of aromatic nitrogens is 2. The van der Waals surface area contributed by atoms with E-state index in [1.807, 2.05) is 54.6 Å². The van der Waals surface area contributed by atoms with Crippen molar-refractivity contribution in [3.63, 3.8) is 0 Å². The summed E-state index contributed by atoms with van der Waals surface area (Å²) in [7, 11) is 3.19. The Balaban J connectivity index is 1.62. The van der Waals surface area contributed by atoms with Crippen molar-refractivity contribution in [1.82, 2.24) is 9.55 Å². The van der Waals surface area contributed by atoms with Crippen LogP contribution in [0.2, 0.25) is 0 Å². The number of benzene rings is 3. The molecule has 3 aromatic carbocycles. The van der Waals surface area contributed by atoms with Crippen molar-refractivity contribution < 1.29 is 14.3 Å². The zero-order chi connectivity index (χ0) is 23.2. The molecule has 1 aromatic heterocycles. The number of fused-ring (bicyclic) bond motifs is 1. The second-order valence-corrected chi connectivity index (χ2v) is 8.33. The van der Waals surface area contributed by atoms with E-state index in [0.717, 1.165) is 5.56 Å². The van der Waals surface area contributed by atoms with E-state index in [9.17, 15) is 9.59 Å². The lowest BCUT2D eigenvalue weighted by atomic mass is 10.1. The summed E-state index contributed by atoms with van der Waals surface area (Å²) >= 11 is 1.29. The summed E-state index contributed by atoms with van der Waals surface area (Å²) in [5.74, 6) is 1.49. The van der Waals surface area contributed by atoms with Gasteiger partial charge >= 0.3 is 0 Å². The van der Waals surface area contributed by atoms with Gasteiger partial charge in [-0.2, -0.15) is 0 Å². The van der Waals surface area contributed by atoms with E-state index in [1.165, 1.54) is 11.8 Å². The molecule has 0 saturated carbocycles. The van der Waals surface area contributed by atoms with Crippen molar-refractivity contribution >= 4 is 28.4 Å². The molecule has 4 aromatic rings. The van der Waals surface area contributed by atoms with Crippen LogP contribution in [0.5, 0.6) is 11.5 Å². The van der Waals surface area contributed by atoms with E-state index >= 15 is 0 Å². The third kappa shape index (κ3) is 5.09. The minimum atomic E-state index is -0.115. The van der Waals surface area contributed by atoms with Gasteiger partial charge in [0.2, 0.25) is 0 Å². The molecular formula is C26H24N2O4S. The lowest BCUT2D eigenvalue weighted by molar-refractivity contribution is 0.102. The topological polar surface area (TPSA) is 70.4 Å². The van der Waals surface area contributed by atoms with Gasteiger partial charge in [0.05, 0.1) is 30.9 Å². The fourth-order valence-corrected chi connectivity index (χ4v) is 4.49. The molecule has 0 aliphatic rings. The van der Waals surface area contributed by atoms with E-state index < -0.39 is 0 Å². The highest BCUT2D eigenvalue weighted by Crippen LogP contribution is 2.28. The summed E-state index contributed by atoms with van der Waals surface area (Å²) < 4.78 is 12.4. The number of methoxy groups -OCH3 is 2. The smallest absolute Gasteiger partial charge is 0.262 e. The minimum absolute atomic E-state index is 0.00514. The number of nitrogens with zero attached hydrogens (tertiary/aromatic N) is 2. The number of ketones is 1. The third-order valence-corrected chi connectivity index (χ3v) is 6.30. The van der Waals surface area contributed by atoms with Crippen molar-refractivity contribution in [2.24, 2.45) is 0 Å². The fraction of sp³-hybridized carbons (Fsp3) is 0.192. The summed E-state index contributed by atoms with van der Waals surface area (Å²) in [6.07, 6.45) is 0.598. The summed E-state index contributed by atoms with van der Waals surface area (Å²) in [6.45, 7) is 0.425. The summed E-state index contributed by atoms with van der Waals surface area (Å²) in [4.78, 5) is 30.6. The number of para-hydroxylation sites is 1. The predicted octanol–water partition coefficient (Wildman–Crippen LogP) is 4.63. The largest absolute Gasteiger partial charge is 0.493 e. The number of aryl methyl sites for hydroxylation is 1. The van der Waals surface area contributed by atoms with Crippen LogP contribution in [0.3, 0.4) is 0 Å². The van der Waals surface area contributed by atoms with Crippen LogP contribution in [0.25, 0.3) is 10.9 Å². The molecule has 0 radical (unpaired) electrons. The quantitative estimate of drug-likeness (QED) is 0.206. The number of hydrogen-bond donors (Lipinski definition) is 0. The second-order valence-electron chi connectivity index (χ2n) is 7.39. The monoisotopic (exact) mass is 460 g/mol. The van der Waals surface area contributed by atoms with E-state index in [1.54, 1.807) is 37.0 Å². The number of thioether (sulfide) groups is 1. The van der Waals surface area contributed by atoms with Crippen molar-refractivity contribution in [3.8, 4) is 11.5 Å². The van der Waals surface area contributed by atoms with E-state index in [-0.39, 0.29) is 17.1 Å². The van der Waals surface area contributed by atoms with Crippen LogP contribution in [0.15, 0.2) is 82.7 Å². The molecule has 0 aliphatic heterocycles. The number of Topliss-reactive ketones (excluding diaryl/α,β-unsaturated/α-hetero) is 1. The molecule has 0 fully saturated rings. The van der Waals surface area contributed by atoms with E-state index in [4.69, 9.17) is 14.5 Å². The van der Waals surface area contributed by atoms with Crippen LogP contribution in [0, 0.1) is 0 Å². The zero-order valence-electron chi connectivity index (χ0n) is 18.5. The van der Waals surface area contributed by atoms with Crippen LogP contribution < -0.4 is 15.0 Å². The molecule has 168 valence electrons. The van der Waals surface area contributed by atoms with Gasteiger partial charge in [0, 0.05) is 12.1 Å². The van der Waals surface area contributed by atoms with Crippen molar-refractivity contribution in [1.29, 1.82) is 0 Å². The summed E-state index contributed by atoms with van der Waals surface area (Å²) in [5.41, 5.74) is 2.16. The van der Waals surface area contributed by atoms with Crippen LogP contribution in [0.1, 0.15) is 15.9 Å². The van der Waals surface area contributed by atoms with Gasteiger partial charge in [-0.25, -0.2) is 4.98 Å². The highest BCUT2D eigenvalue weighted by Gasteiger charge is 2.15. The zero-order valence-corrected chi connectivity index (χ0v) is 19.3. The average Bonchev–Trinajstić information content (AvgIpc) is 2.87. The van der Waals surface area contributed by atoms with E-state index in [0.29, 0.717) is 46.1 Å². The maximum Gasteiger partial charge on any atom is 0.262 e. The normalized spacial score (nSPS) is 10.8. The molecule has 0 N–H and O–H groups in total. The molecule has 0 spiro atoms. The Hall–Kier alpha value is -3.58. The molecule has 0 atom stereocenters. The first-order valence-electron chi connectivity index (χ1n) is 10.5. The average molecular weight is 461 g/mol. The highest BCUT2D eigenvalue weighted by atomic mass is 32.2. The Bertz CT molecular complexity index is 1340. The number of ether oxygens (including phenoxy) is 2. The molecule has 0 amide bonds. The summed E-state index contributed by atoms with van der Waals surface area (Å²) in [5, 5.41) is 1.09. The fourth-order valence-electron chi connectivity index (χ4n) is 3.57. The molecule has 0 aliphatic carbocycles. The highest BCUT2D eigenvalue weighted by molar-refractivity contribution is 7.99. The molecule has 0 unspecified atom stereocenters. The molecular weight excluding hydrogens is 436 g/mol. The Morgan fingerprint density at radius 2 is 1.67 bits per heavy atom. The van der Waals surface area contributed by atoms with Gasteiger partial charge in [0.15, 0.2) is 22.4 Å². The molecule has 0 bridgehead atoms. The summed E-state index contributed by atoms with van der Waals surface area (Å²) in [6, 6.07) is 22.1. The first kappa shape index (κ1) is 22.6. The maximum absolute atomic E-state index is 13.3. The van der Waals surface area contributed by atoms with Crippen LogP contribution in [0.4, 0.5) is 0 Å². The van der Waals surface area contributed by atoms with E-state index in [2.05, 4.69) is 0 Å². The predicted molar refractivity (Wildman–Crippen MR) is 131 cm³/mol. The van der Waals surface area contributed by atoms with Gasteiger partial charge in [-0.05, 0) is 36.2 Å². The van der Waals surface area contributed by atoms with Gasteiger partial charge in [0.1, 0.15) is 0 Å². The molecule has 6 nitrogen and oxygen atoms in total. The third-order valence-electron chi connectivity index (χ3n) is 5.33. The molecule has 7 heteroatoms. The molecule has 4 rings (SSSR count). The Labute approximate surface area is 196 Å². The standard InChI is InChI=1S/C26H24N2O4S/c1-31-23-13-12-18(16-24(23)32-2)14-15-28-25(30)20-10-6-7-11-21(20)27-26(28)33-17-22(29)19-8-4-3-5-9-19/h3-13,16H,14-15,17H2,1-2H3. The lowest BCUT2D eigenvalue weighted by Gasteiger charge is -2.14. The van der Waals surface area contributed by atoms with Gasteiger partial charge < -0.3 is 9.47 Å². The van der Waals surface area contributed by atoms with Gasteiger partial charge in [0.25, 0.3) is 5.56 Å².